The van der Waals surface area contributed by atoms with Crippen LogP contribution in [0.2, 0.25) is 5.02 Å². The van der Waals surface area contributed by atoms with Crippen LogP contribution >= 0.6 is 11.6 Å². The predicted molar refractivity (Wildman–Crippen MR) is 72.7 cm³/mol. The van der Waals surface area contributed by atoms with Crippen molar-refractivity contribution in [3.8, 4) is 0 Å². The molecule has 0 N–H and O–H groups in total. The predicted octanol–water partition coefficient (Wildman–Crippen LogP) is 4.30. The molecule has 0 radical (unpaired) electrons. The lowest BCUT2D eigenvalue weighted by molar-refractivity contribution is -0.00234. The van der Waals surface area contributed by atoms with E-state index in [0.717, 1.165) is 5.56 Å². The van der Waals surface area contributed by atoms with Crippen molar-refractivity contribution >= 4 is 23.8 Å². The van der Waals surface area contributed by atoms with E-state index in [1.165, 1.54) is 0 Å². The Morgan fingerprint density at radius 3 is 2.44 bits per heavy atom. The highest BCUT2D eigenvalue weighted by Crippen LogP contribution is 2.11. The topological polar surface area (TPSA) is 35.5 Å². The van der Waals surface area contributed by atoms with Gasteiger partial charge in [0.15, 0.2) is 0 Å². The Morgan fingerprint density at radius 2 is 1.89 bits per heavy atom. The summed E-state index contributed by atoms with van der Waals surface area (Å²) in [6.07, 6.45) is 2.93. The van der Waals surface area contributed by atoms with Crippen LogP contribution in [0, 0.1) is 0 Å². The smallest absolute Gasteiger partial charge is 0.430 e. The minimum Gasteiger partial charge on any atom is -0.430 e. The summed E-state index contributed by atoms with van der Waals surface area (Å²) < 4.78 is 9.88. The molecule has 0 aliphatic carbocycles. The van der Waals surface area contributed by atoms with Crippen molar-refractivity contribution in [2.24, 2.45) is 0 Å². The van der Waals surface area contributed by atoms with Crippen molar-refractivity contribution in [2.75, 3.05) is 6.61 Å². The molecule has 0 saturated carbocycles. The summed E-state index contributed by atoms with van der Waals surface area (Å²) >= 11 is 5.77. The fourth-order valence-electron chi connectivity index (χ4n) is 1.15. The molecule has 0 amide bonds. The van der Waals surface area contributed by atoms with E-state index in [0.29, 0.717) is 5.02 Å². The molecule has 0 aromatic heterocycles. The van der Waals surface area contributed by atoms with Gasteiger partial charge in [-0.3, -0.25) is 0 Å². The molecule has 0 saturated heterocycles. The average Bonchev–Trinajstić information content (AvgIpc) is 2.24. The molecule has 0 bridgehead atoms. The number of hydrogen-bond donors (Lipinski definition) is 0. The molecule has 1 aromatic carbocycles. The Hall–Kier alpha value is -1.48. The monoisotopic (exact) mass is 268 g/mol. The molecular weight excluding hydrogens is 252 g/mol. The zero-order valence-corrected chi connectivity index (χ0v) is 11.5. The molecule has 0 atom stereocenters. The van der Waals surface area contributed by atoms with E-state index in [1.54, 1.807) is 39.0 Å². The lowest BCUT2D eigenvalue weighted by Crippen LogP contribution is -2.24. The molecule has 1 aromatic rings. The van der Waals surface area contributed by atoms with Gasteiger partial charge in [-0.1, -0.05) is 29.8 Å². The third-order valence-corrected chi connectivity index (χ3v) is 2.12. The van der Waals surface area contributed by atoms with Gasteiger partial charge in [-0.25, -0.2) is 4.79 Å². The standard InChI is InChI=1S/C14H17ClO3/c1-14(2,3)18-13(16)17-10-4-5-11-6-8-12(15)9-7-11/h4-9H,10H2,1-3H3. The van der Waals surface area contributed by atoms with Crippen molar-refractivity contribution in [1.29, 1.82) is 0 Å². The van der Waals surface area contributed by atoms with E-state index in [-0.39, 0.29) is 6.61 Å². The Bertz CT molecular complexity index is 416. The minimum atomic E-state index is -0.664. The molecule has 98 valence electrons. The number of hydrogen-bond acceptors (Lipinski definition) is 3. The SMILES string of the molecule is CC(C)(C)OC(=O)OCC=Cc1ccc(Cl)cc1. The number of carbonyl (C=O) groups is 1. The molecule has 0 aliphatic rings. The lowest BCUT2D eigenvalue weighted by atomic mass is 10.2. The molecule has 1 rings (SSSR count). The van der Waals surface area contributed by atoms with Crippen molar-refractivity contribution in [3.63, 3.8) is 0 Å². The van der Waals surface area contributed by atoms with E-state index < -0.39 is 11.8 Å². The number of ether oxygens (including phenoxy) is 2. The van der Waals surface area contributed by atoms with Crippen LogP contribution in [-0.2, 0) is 9.47 Å². The van der Waals surface area contributed by atoms with Crippen molar-refractivity contribution in [1.82, 2.24) is 0 Å². The number of carbonyl (C=O) groups excluding carboxylic acids is 1. The number of benzene rings is 1. The maximum absolute atomic E-state index is 11.2. The molecule has 0 unspecified atom stereocenters. The first-order chi connectivity index (χ1) is 8.37. The van der Waals surface area contributed by atoms with E-state index in [9.17, 15) is 4.79 Å². The summed E-state index contributed by atoms with van der Waals surface area (Å²) in [5, 5.41) is 0.692. The normalized spacial score (nSPS) is 11.6. The van der Waals surface area contributed by atoms with Gasteiger partial charge in [-0.2, -0.15) is 0 Å². The third kappa shape index (κ3) is 6.30. The van der Waals surface area contributed by atoms with Gasteiger partial charge in [-0.15, -0.1) is 0 Å². The van der Waals surface area contributed by atoms with Gasteiger partial charge in [0.25, 0.3) is 0 Å². The zero-order valence-electron chi connectivity index (χ0n) is 10.8. The van der Waals surface area contributed by atoms with E-state index in [2.05, 4.69) is 0 Å². The summed E-state index contributed by atoms with van der Waals surface area (Å²) in [6.45, 7) is 5.55. The third-order valence-electron chi connectivity index (χ3n) is 1.87. The molecule has 0 fully saturated rings. The average molecular weight is 269 g/mol. The van der Waals surface area contributed by atoms with Crippen LogP contribution in [0.25, 0.3) is 6.08 Å². The zero-order chi connectivity index (χ0) is 13.6. The van der Waals surface area contributed by atoms with Gasteiger partial charge in [0, 0.05) is 5.02 Å². The van der Waals surface area contributed by atoms with Crippen LogP contribution in [0.1, 0.15) is 26.3 Å². The molecule has 18 heavy (non-hydrogen) atoms. The lowest BCUT2D eigenvalue weighted by Gasteiger charge is -2.18. The van der Waals surface area contributed by atoms with Crippen molar-refractivity contribution < 1.29 is 14.3 Å². The van der Waals surface area contributed by atoms with E-state index in [4.69, 9.17) is 21.1 Å². The minimum absolute atomic E-state index is 0.178. The van der Waals surface area contributed by atoms with E-state index in [1.807, 2.05) is 18.2 Å². The van der Waals surface area contributed by atoms with Crippen LogP contribution < -0.4 is 0 Å². The highest BCUT2D eigenvalue weighted by atomic mass is 35.5. The maximum Gasteiger partial charge on any atom is 0.509 e. The van der Waals surface area contributed by atoms with Crippen LogP contribution in [0.15, 0.2) is 30.3 Å². The first-order valence-corrected chi connectivity index (χ1v) is 6.02. The number of halogens is 1. The second-order valence-electron chi connectivity index (χ2n) is 4.73. The van der Waals surface area contributed by atoms with Gasteiger partial charge in [0.1, 0.15) is 12.2 Å². The summed E-state index contributed by atoms with van der Waals surface area (Å²) in [6, 6.07) is 7.37. The van der Waals surface area contributed by atoms with E-state index >= 15 is 0 Å². The Kier molecular flexibility index (Phi) is 5.23. The molecule has 0 spiro atoms. The summed E-state index contributed by atoms with van der Waals surface area (Å²) in [5.74, 6) is 0. The maximum atomic E-state index is 11.2. The van der Waals surface area contributed by atoms with Crippen LogP contribution in [0.4, 0.5) is 4.79 Å². The number of rotatable bonds is 3. The molecule has 0 aliphatic heterocycles. The highest BCUT2D eigenvalue weighted by Gasteiger charge is 2.16. The van der Waals surface area contributed by atoms with Gasteiger partial charge in [-0.05, 0) is 44.5 Å². The van der Waals surface area contributed by atoms with Crippen molar-refractivity contribution in [3.05, 3.63) is 40.9 Å². The largest absolute Gasteiger partial charge is 0.509 e. The van der Waals surface area contributed by atoms with Crippen molar-refractivity contribution in [2.45, 2.75) is 26.4 Å². The second kappa shape index (κ2) is 6.45. The van der Waals surface area contributed by atoms with Gasteiger partial charge < -0.3 is 9.47 Å². The molecule has 4 heteroatoms. The fraction of sp³-hybridized carbons (Fsp3) is 0.357. The Balaban J connectivity index is 2.33. The molecular formula is C14H17ClO3. The fourth-order valence-corrected chi connectivity index (χ4v) is 1.28. The molecule has 0 heterocycles. The first kappa shape index (κ1) is 14.6. The first-order valence-electron chi connectivity index (χ1n) is 5.65. The van der Waals surface area contributed by atoms with Crippen LogP contribution in [-0.4, -0.2) is 18.4 Å². The van der Waals surface area contributed by atoms with Crippen LogP contribution in [0.3, 0.4) is 0 Å². The van der Waals surface area contributed by atoms with Gasteiger partial charge >= 0.3 is 6.16 Å². The van der Waals surface area contributed by atoms with Crippen LogP contribution in [0.5, 0.6) is 0 Å². The quantitative estimate of drug-likeness (QED) is 0.767. The summed E-state index contributed by atoms with van der Waals surface area (Å²) in [5.41, 5.74) is 0.462. The Labute approximate surface area is 112 Å². The summed E-state index contributed by atoms with van der Waals surface area (Å²) in [4.78, 5) is 11.2. The Morgan fingerprint density at radius 1 is 1.28 bits per heavy atom. The van der Waals surface area contributed by atoms with Gasteiger partial charge in [0.05, 0.1) is 0 Å². The highest BCUT2D eigenvalue weighted by molar-refractivity contribution is 6.30. The molecule has 3 nitrogen and oxygen atoms in total. The van der Waals surface area contributed by atoms with Gasteiger partial charge in [0.2, 0.25) is 0 Å². The summed E-state index contributed by atoms with van der Waals surface area (Å²) in [7, 11) is 0. The second-order valence-corrected chi connectivity index (χ2v) is 5.17.